The lowest BCUT2D eigenvalue weighted by Crippen LogP contribution is -2.36. The van der Waals surface area contributed by atoms with Crippen LogP contribution in [0.3, 0.4) is 0 Å². The van der Waals surface area contributed by atoms with E-state index in [-0.39, 0.29) is 0 Å². The van der Waals surface area contributed by atoms with Gasteiger partial charge in [-0.15, -0.1) is 0 Å². The van der Waals surface area contributed by atoms with Crippen molar-refractivity contribution < 1.29 is 4.74 Å². The molecule has 4 heterocycles. The lowest BCUT2D eigenvalue weighted by molar-refractivity contribution is 0.0604. The molecule has 2 fully saturated rings. The highest BCUT2D eigenvalue weighted by Crippen LogP contribution is 2.32. The maximum absolute atomic E-state index is 5.75. The van der Waals surface area contributed by atoms with E-state index in [1.54, 1.807) is 0 Å². The fraction of sp³-hybridized carbons (Fsp3) is 0.571. The van der Waals surface area contributed by atoms with Crippen molar-refractivity contribution in [1.82, 2.24) is 24.8 Å². The molecule has 0 saturated carbocycles. The van der Waals surface area contributed by atoms with E-state index in [4.69, 9.17) is 9.72 Å². The first-order chi connectivity index (χ1) is 18.0. The average molecular weight is 571 g/mol. The average Bonchev–Trinajstić information content (AvgIpc) is 3.19. The summed E-state index contributed by atoms with van der Waals surface area (Å²) in [6.07, 6.45) is 5.59. The standard InChI is InChI=1S/C28H40BrN7O/c1-20(2)37-18-17-35-11-4-12-36(16-15-35)23-7-5-21(6-8-23)27-32-26-25(24(29)19-30-28(26)33-27)31-22-9-13-34(3)14-10-22/h5-8,19-20,22H,4,9-18H2,1-3H3,(H2,30,31,32,33). The third-order valence-corrected chi connectivity index (χ3v) is 8.09. The Hall–Kier alpha value is -2.20. The highest BCUT2D eigenvalue weighted by atomic mass is 79.9. The number of hydrogen-bond donors (Lipinski definition) is 2. The van der Waals surface area contributed by atoms with Crippen molar-refractivity contribution in [3.8, 4) is 11.4 Å². The van der Waals surface area contributed by atoms with E-state index in [9.17, 15) is 0 Å². The zero-order chi connectivity index (χ0) is 25.8. The third-order valence-electron chi connectivity index (χ3n) is 7.49. The van der Waals surface area contributed by atoms with Crippen LogP contribution >= 0.6 is 15.9 Å². The highest BCUT2D eigenvalue weighted by molar-refractivity contribution is 9.10. The molecule has 3 aromatic rings. The van der Waals surface area contributed by atoms with Crippen molar-refractivity contribution in [2.45, 2.75) is 45.3 Å². The number of aromatic amines is 1. The molecule has 2 aliphatic rings. The largest absolute Gasteiger partial charge is 0.379 e. The van der Waals surface area contributed by atoms with Gasteiger partial charge < -0.3 is 24.8 Å². The molecule has 0 amide bonds. The zero-order valence-corrected chi connectivity index (χ0v) is 23.9. The number of anilines is 2. The first kappa shape index (κ1) is 26.4. The molecule has 5 rings (SSSR count). The van der Waals surface area contributed by atoms with E-state index in [0.717, 1.165) is 98.0 Å². The summed E-state index contributed by atoms with van der Waals surface area (Å²) in [5, 5.41) is 3.74. The van der Waals surface area contributed by atoms with E-state index >= 15 is 0 Å². The molecule has 9 heteroatoms. The van der Waals surface area contributed by atoms with Gasteiger partial charge in [0.25, 0.3) is 0 Å². The number of fused-ring (bicyclic) bond motifs is 1. The minimum absolute atomic E-state index is 0.299. The van der Waals surface area contributed by atoms with Crippen LogP contribution in [-0.2, 0) is 4.74 Å². The Morgan fingerprint density at radius 2 is 1.86 bits per heavy atom. The Morgan fingerprint density at radius 1 is 1.08 bits per heavy atom. The van der Waals surface area contributed by atoms with Crippen LogP contribution in [0.4, 0.5) is 11.4 Å². The number of aromatic nitrogens is 3. The Labute approximate surface area is 228 Å². The third kappa shape index (κ3) is 6.63. The van der Waals surface area contributed by atoms with Crippen molar-refractivity contribution in [2.75, 3.05) is 69.7 Å². The second kappa shape index (κ2) is 12.1. The van der Waals surface area contributed by atoms with Gasteiger partial charge in [0.05, 0.1) is 22.9 Å². The molecule has 200 valence electrons. The van der Waals surface area contributed by atoms with E-state index < -0.39 is 0 Å². The SMILES string of the molecule is CC(C)OCCN1CCCN(c2ccc(-c3nc4c(NC5CCN(C)CC5)c(Br)cnc4[nH]3)cc2)CC1. The first-order valence-electron chi connectivity index (χ1n) is 13.6. The Morgan fingerprint density at radius 3 is 2.62 bits per heavy atom. The minimum Gasteiger partial charge on any atom is -0.379 e. The van der Waals surface area contributed by atoms with Crippen LogP contribution in [0.25, 0.3) is 22.6 Å². The molecule has 0 bridgehead atoms. The molecular weight excluding hydrogens is 530 g/mol. The maximum atomic E-state index is 5.75. The molecule has 2 saturated heterocycles. The van der Waals surface area contributed by atoms with Gasteiger partial charge in [-0.25, -0.2) is 9.97 Å². The smallest absolute Gasteiger partial charge is 0.159 e. The van der Waals surface area contributed by atoms with E-state index in [1.165, 1.54) is 12.1 Å². The van der Waals surface area contributed by atoms with Crippen LogP contribution in [0.15, 0.2) is 34.9 Å². The fourth-order valence-electron chi connectivity index (χ4n) is 5.26. The summed E-state index contributed by atoms with van der Waals surface area (Å²) in [7, 11) is 2.19. The van der Waals surface area contributed by atoms with Gasteiger partial charge in [-0.05, 0) is 100.0 Å². The second-order valence-electron chi connectivity index (χ2n) is 10.6. The zero-order valence-electron chi connectivity index (χ0n) is 22.3. The van der Waals surface area contributed by atoms with E-state index in [1.807, 2.05) is 6.20 Å². The Bertz CT molecular complexity index is 1160. The van der Waals surface area contributed by atoms with Crippen molar-refractivity contribution >= 4 is 38.5 Å². The van der Waals surface area contributed by atoms with Crippen LogP contribution in [0.2, 0.25) is 0 Å². The summed E-state index contributed by atoms with van der Waals surface area (Å²) in [4.78, 5) is 20.4. The molecule has 0 atom stereocenters. The summed E-state index contributed by atoms with van der Waals surface area (Å²) in [6, 6.07) is 9.24. The molecule has 37 heavy (non-hydrogen) atoms. The second-order valence-corrected chi connectivity index (χ2v) is 11.5. The number of nitrogens with zero attached hydrogens (tertiary/aromatic N) is 5. The molecule has 0 unspecified atom stereocenters. The van der Waals surface area contributed by atoms with Crippen molar-refractivity contribution in [2.24, 2.45) is 0 Å². The summed E-state index contributed by atoms with van der Waals surface area (Å²) in [6.45, 7) is 12.6. The molecule has 8 nitrogen and oxygen atoms in total. The van der Waals surface area contributed by atoms with Crippen LogP contribution in [-0.4, -0.2) is 96.4 Å². The molecule has 0 spiro atoms. The molecule has 1 aromatic carbocycles. The van der Waals surface area contributed by atoms with Crippen LogP contribution in [0, 0.1) is 0 Å². The number of rotatable bonds is 8. The number of hydrogen-bond acceptors (Lipinski definition) is 7. The normalized spacial score (nSPS) is 18.6. The number of benzene rings is 1. The van der Waals surface area contributed by atoms with Crippen LogP contribution in [0.5, 0.6) is 0 Å². The Balaban J connectivity index is 1.26. The molecule has 2 aliphatic heterocycles. The molecule has 0 aliphatic carbocycles. The van der Waals surface area contributed by atoms with Crippen molar-refractivity contribution in [1.29, 1.82) is 0 Å². The predicted molar refractivity (Wildman–Crippen MR) is 156 cm³/mol. The predicted octanol–water partition coefficient (Wildman–Crippen LogP) is 4.83. The monoisotopic (exact) mass is 569 g/mol. The number of H-pyrrole nitrogens is 1. The Kier molecular flexibility index (Phi) is 8.64. The number of halogens is 1. The first-order valence-corrected chi connectivity index (χ1v) is 14.4. The van der Waals surface area contributed by atoms with Crippen molar-refractivity contribution in [3.05, 3.63) is 34.9 Å². The fourth-order valence-corrected chi connectivity index (χ4v) is 5.67. The van der Waals surface area contributed by atoms with Gasteiger partial charge in [0.2, 0.25) is 0 Å². The summed E-state index contributed by atoms with van der Waals surface area (Å²) in [5.41, 5.74) is 5.08. The van der Waals surface area contributed by atoms with Crippen molar-refractivity contribution in [3.63, 3.8) is 0 Å². The number of nitrogens with one attached hydrogen (secondary N) is 2. The van der Waals surface area contributed by atoms with Gasteiger partial charge in [0.15, 0.2) is 5.65 Å². The highest BCUT2D eigenvalue weighted by Gasteiger charge is 2.21. The minimum atomic E-state index is 0.299. The van der Waals surface area contributed by atoms with E-state index in [0.29, 0.717) is 12.1 Å². The molecule has 2 aromatic heterocycles. The summed E-state index contributed by atoms with van der Waals surface area (Å²) >= 11 is 3.70. The number of likely N-dealkylation sites (tertiary alicyclic amines) is 1. The number of piperidine rings is 1. The van der Waals surface area contributed by atoms with Gasteiger partial charge in [-0.3, -0.25) is 4.90 Å². The summed E-state index contributed by atoms with van der Waals surface area (Å²) < 4.78 is 6.71. The van der Waals surface area contributed by atoms with Gasteiger partial charge in [-0.1, -0.05) is 0 Å². The quantitative estimate of drug-likeness (QED) is 0.402. The number of pyridine rings is 1. The topological polar surface area (TPSA) is 72.6 Å². The lowest BCUT2D eigenvalue weighted by Gasteiger charge is -2.30. The van der Waals surface area contributed by atoms with Gasteiger partial charge in [-0.2, -0.15) is 0 Å². The maximum Gasteiger partial charge on any atom is 0.159 e. The van der Waals surface area contributed by atoms with Gasteiger partial charge in [0, 0.05) is 49.7 Å². The van der Waals surface area contributed by atoms with Gasteiger partial charge in [0.1, 0.15) is 11.3 Å². The van der Waals surface area contributed by atoms with Gasteiger partial charge >= 0.3 is 0 Å². The molecular formula is C28H40BrN7O. The lowest BCUT2D eigenvalue weighted by atomic mass is 10.1. The number of imidazole rings is 1. The molecule has 0 radical (unpaired) electrons. The molecule has 2 N–H and O–H groups in total. The summed E-state index contributed by atoms with van der Waals surface area (Å²) in [5.74, 6) is 0.853. The van der Waals surface area contributed by atoms with E-state index in [2.05, 4.69) is 91.1 Å². The number of ether oxygens (including phenoxy) is 1. The van der Waals surface area contributed by atoms with Crippen LogP contribution in [0.1, 0.15) is 33.1 Å². The van der Waals surface area contributed by atoms with Crippen LogP contribution < -0.4 is 10.2 Å².